The predicted molar refractivity (Wildman–Crippen MR) is 120 cm³/mol. The molecule has 0 aliphatic heterocycles. The zero-order chi connectivity index (χ0) is 19.9. The first-order valence-electron chi connectivity index (χ1n) is 10.1. The van der Waals surface area contributed by atoms with Crippen molar-refractivity contribution in [1.82, 2.24) is 4.98 Å². The van der Waals surface area contributed by atoms with Crippen molar-refractivity contribution in [3.63, 3.8) is 0 Å². The van der Waals surface area contributed by atoms with Crippen LogP contribution in [0.4, 0.5) is 11.4 Å². The van der Waals surface area contributed by atoms with Crippen LogP contribution in [0, 0.1) is 27.7 Å². The summed E-state index contributed by atoms with van der Waals surface area (Å²) in [6, 6.07) is 19.4. The topological polar surface area (TPSA) is 37.0 Å². The molecule has 0 amide bonds. The van der Waals surface area contributed by atoms with Crippen LogP contribution in [0.2, 0.25) is 0 Å². The van der Waals surface area contributed by atoms with Gasteiger partial charge < -0.3 is 10.6 Å². The van der Waals surface area contributed by atoms with E-state index in [1.165, 1.54) is 33.6 Å². The van der Waals surface area contributed by atoms with E-state index in [4.69, 9.17) is 4.98 Å². The van der Waals surface area contributed by atoms with Gasteiger partial charge in [0.1, 0.15) is 0 Å². The molecule has 0 unspecified atom stereocenters. The van der Waals surface area contributed by atoms with E-state index < -0.39 is 0 Å². The quantitative estimate of drug-likeness (QED) is 0.538. The van der Waals surface area contributed by atoms with Crippen molar-refractivity contribution in [3.05, 3.63) is 88.2 Å². The van der Waals surface area contributed by atoms with Crippen LogP contribution in [0.15, 0.2) is 54.6 Å². The predicted octanol–water partition coefficient (Wildman–Crippen LogP) is 5.62. The molecule has 0 aliphatic rings. The molecule has 2 aromatic carbocycles. The Morgan fingerprint density at radius 3 is 1.54 bits per heavy atom. The van der Waals surface area contributed by atoms with Gasteiger partial charge in [-0.25, -0.2) is 0 Å². The Labute approximate surface area is 169 Å². The third kappa shape index (κ3) is 5.59. The Morgan fingerprint density at radius 1 is 0.643 bits per heavy atom. The SMILES string of the molecule is Cc1ccc(NCCc2cccc(CCNc3ccc(C)cc3C)n2)c(C)c1. The maximum Gasteiger partial charge on any atom is 0.0424 e. The molecule has 146 valence electrons. The van der Waals surface area contributed by atoms with Crippen molar-refractivity contribution < 1.29 is 0 Å². The fraction of sp³-hybridized carbons (Fsp3) is 0.320. The van der Waals surface area contributed by atoms with Gasteiger partial charge in [0.2, 0.25) is 0 Å². The molecular weight excluding hydrogens is 342 g/mol. The lowest BCUT2D eigenvalue weighted by atomic mass is 10.1. The van der Waals surface area contributed by atoms with E-state index in [1.807, 2.05) is 0 Å². The highest BCUT2D eigenvalue weighted by Gasteiger charge is 2.02. The summed E-state index contributed by atoms with van der Waals surface area (Å²) in [5.41, 5.74) is 9.87. The molecule has 2 N–H and O–H groups in total. The zero-order valence-corrected chi connectivity index (χ0v) is 17.5. The fourth-order valence-electron chi connectivity index (χ4n) is 3.48. The second-order valence-electron chi connectivity index (χ2n) is 7.61. The Balaban J connectivity index is 1.49. The standard InChI is InChI=1S/C25H31N3/c1-18-8-10-24(20(3)16-18)26-14-12-22-6-5-7-23(28-22)13-15-27-25-11-9-19(2)17-21(25)4/h5-11,16-17,26-27H,12-15H2,1-4H3. The molecule has 0 saturated heterocycles. The first kappa shape index (κ1) is 19.9. The van der Waals surface area contributed by atoms with Crippen LogP contribution < -0.4 is 10.6 Å². The number of rotatable bonds is 8. The number of hydrogen-bond donors (Lipinski definition) is 2. The summed E-state index contributed by atoms with van der Waals surface area (Å²) >= 11 is 0. The molecule has 3 heteroatoms. The molecule has 0 atom stereocenters. The molecule has 3 rings (SSSR count). The molecule has 0 fully saturated rings. The molecule has 3 aromatic rings. The molecule has 28 heavy (non-hydrogen) atoms. The van der Waals surface area contributed by atoms with Gasteiger partial charge >= 0.3 is 0 Å². The third-order valence-corrected chi connectivity index (χ3v) is 5.02. The van der Waals surface area contributed by atoms with E-state index in [0.717, 1.165) is 37.3 Å². The number of pyridine rings is 1. The van der Waals surface area contributed by atoms with Crippen LogP contribution in [0.3, 0.4) is 0 Å². The fourth-order valence-corrected chi connectivity index (χ4v) is 3.48. The summed E-state index contributed by atoms with van der Waals surface area (Å²) in [7, 11) is 0. The Kier molecular flexibility index (Phi) is 6.70. The Bertz CT molecular complexity index is 858. The second kappa shape index (κ2) is 9.41. The summed E-state index contributed by atoms with van der Waals surface area (Å²) in [6.45, 7) is 10.3. The number of anilines is 2. The summed E-state index contributed by atoms with van der Waals surface area (Å²) < 4.78 is 0. The van der Waals surface area contributed by atoms with Crippen molar-refractivity contribution in [1.29, 1.82) is 0 Å². The Hall–Kier alpha value is -2.81. The van der Waals surface area contributed by atoms with Crippen molar-refractivity contribution in [3.8, 4) is 0 Å². The number of aromatic nitrogens is 1. The van der Waals surface area contributed by atoms with Crippen molar-refractivity contribution in [2.45, 2.75) is 40.5 Å². The minimum Gasteiger partial charge on any atom is -0.384 e. The summed E-state index contributed by atoms with van der Waals surface area (Å²) in [5, 5.41) is 7.06. The van der Waals surface area contributed by atoms with Gasteiger partial charge in [0.15, 0.2) is 0 Å². The van der Waals surface area contributed by atoms with Crippen LogP contribution in [-0.4, -0.2) is 18.1 Å². The lowest BCUT2D eigenvalue weighted by Gasteiger charge is -2.11. The third-order valence-electron chi connectivity index (χ3n) is 5.02. The first-order chi connectivity index (χ1) is 13.5. The zero-order valence-electron chi connectivity index (χ0n) is 17.5. The highest BCUT2D eigenvalue weighted by molar-refractivity contribution is 5.52. The van der Waals surface area contributed by atoms with Gasteiger partial charge in [-0.05, 0) is 63.1 Å². The maximum absolute atomic E-state index is 4.83. The molecular formula is C25H31N3. The van der Waals surface area contributed by atoms with Crippen molar-refractivity contribution >= 4 is 11.4 Å². The van der Waals surface area contributed by atoms with Crippen LogP contribution in [0.1, 0.15) is 33.6 Å². The molecule has 0 saturated carbocycles. The minimum atomic E-state index is 0.890. The van der Waals surface area contributed by atoms with E-state index in [1.54, 1.807) is 0 Å². The highest BCUT2D eigenvalue weighted by Crippen LogP contribution is 2.17. The van der Waals surface area contributed by atoms with E-state index >= 15 is 0 Å². The van der Waals surface area contributed by atoms with E-state index in [2.05, 4.69) is 92.9 Å². The van der Waals surface area contributed by atoms with Gasteiger partial charge in [0.25, 0.3) is 0 Å². The van der Waals surface area contributed by atoms with Gasteiger partial charge in [-0.1, -0.05) is 41.5 Å². The summed E-state index contributed by atoms with van der Waals surface area (Å²) in [6.07, 6.45) is 1.84. The van der Waals surface area contributed by atoms with Crippen LogP contribution >= 0.6 is 0 Å². The van der Waals surface area contributed by atoms with Gasteiger partial charge in [0.05, 0.1) is 0 Å². The number of nitrogens with zero attached hydrogens (tertiary/aromatic N) is 1. The molecule has 1 heterocycles. The minimum absolute atomic E-state index is 0.890. The van der Waals surface area contributed by atoms with Gasteiger partial charge in [-0.2, -0.15) is 0 Å². The number of nitrogens with one attached hydrogen (secondary N) is 2. The van der Waals surface area contributed by atoms with E-state index in [-0.39, 0.29) is 0 Å². The Morgan fingerprint density at radius 2 is 1.11 bits per heavy atom. The van der Waals surface area contributed by atoms with Crippen molar-refractivity contribution in [2.24, 2.45) is 0 Å². The number of benzene rings is 2. The van der Waals surface area contributed by atoms with Crippen LogP contribution in [-0.2, 0) is 12.8 Å². The monoisotopic (exact) mass is 373 g/mol. The molecule has 0 radical (unpaired) electrons. The molecule has 0 spiro atoms. The van der Waals surface area contributed by atoms with Gasteiger partial charge in [-0.15, -0.1) is 0 Å². The van der Waals surface area contributed by atoms with E-state index in [9.17, 15) is 0 Å². The molecule has 0 aliphatic carbocycles. The van der Waals surface area contributed by atoms with Gasteiger partial charge in [0, 0.05) is 48.7 Å². The maximum atomic E-state index is 4.83. The van der Waals surface area contributed by atoms with Gasteiger partial charge in [-0.3, -0.25) is 4.98 Å². The molecule has 0 bridgehead atoms. The lowest BCUT2D eigenvalue weighted by Crippen LogP contribution is -2.10. The number of aryl methyl sites for hydroxylation is 4. The average molecular weight is 374 g/mol. The van der Waals surface area contributed by atoms with Crippen LogP contribution in [0.5, 0.6) is 0 Å². The first-order valence-corrected chi connectivity index (χ1v) is 10.1. The number of hydrogen-bond acceptors (Lipinski definition) is 3. The molecule has 3 nitrogen and oxygen atoms in total. The van der Waals surface area contributed by atoms with E-state index in [0.29, 0.717) is 0 Å². The average Bonchev–Trinajstić information content (AvgIpc) is 2.66. The lowest BCUT2D eigenvalue weighted by molar-refractivity contribution is 0.897. The smallest absolute Gasteiger partial charge is 0.0424 e. The largest absolute Gasteiger partial charge is 0.384 e. The second-order valence-corrected chi connectivity index (χ2v) is 7.61. The molecule has 1 aromatic heterocycles. The highest BCUT2D eigenvalue weighted by atomic mass is 14.9. The summed E-state index contributed by atoms with van der Waals surface area (Å²) in [4.78, 5) is 4.83. The van der Waals surface area contributed by atoms with Crippen LogP contribution in [0.25, 0.3) is 0 Å². The summed E-state index contributed by atoms with van der Waals surface area (Å²) in [5.74, 6) is 0. The van der Waals surface area contributed by atoms with Crippen molar-refractivity contribution in [2.75, 3.05) is 23.7 Å². The normalized spacial score (nSPS) is 10.7.